The summed E-state index contributed by atoms with van der Waals surface area (Å²) < 4.78 is 36.4. The standard InChI is InChI=1S/C48H82O16/c1-24(25-15-16-48(8)34-12-10-26-27(11-13-35(53)44(26,2)3)46(34,6)17-18-47(25,48)7)9-14-36(45(4,5)58)64-42-30(61-43-41(57)40(56)39(55)32(22-50)62-43)19-28(51)33(63-42)23-59-37-20-29(52)38(54)31(21-49)60-37/h10,24-25,27-43,49-58H,9,11-23H2,1-8H3/t24-,25?,27?,28+,29-,30-,31-,32+,33-,34?,35+,36-,37+,38+,39+,40-,41+,42+,43+,46+,47-,48+/m1/s1. The lowest BCUT2D eigenvalue weighted by atomic mass is 9.39. The van der Waals surface area contributed by atoms with E-state index in [1.807, 2.05) is 0 Å². The van der Waals surface area contributed by atoms with Crippen LogP contribution < -0.4 is 0 Å². The van der Waals surface area contributed by atoms with Crippen molar-refractivity contribution >= 4 is 0 Å². The number of aliphatic hydroxyl groups excluding tert-OH is 9. The molecule has 3 aliphatic heterocycles. The topological polar surface area (TPSA) is 258 Å². The monoisotopic (exact) mass is 915 g/mol. The first-order chi connectivity index (χ1) is 29.9. The number of aliphatic hydroxyl groups is 10. The van der Waals surface area contributed by atoms with Gasteiger partial charge in [0.05, 0.1) is 49.8 Å². The number of allylic oxidation sites excluding steroid dienone is 1. The van der Waals surface area contributed by atoms with E-state index in [9.17, 15) is 51.1 Å². The fraction of sp³-hybridized carbons (Fsp3) is 0.958. The minimum atomic E-state index is -1.72. The molecular formula is C48H82O16. The van der Waals surface area contributed by atoms with Crippen LogP contribution in [0, 0.1) is 45.3 Å². The molecule has 0 bridgehead atoms. The van der Waals surface area contributed by atoms with E-state index in [1.165, 1.54) is 5.57 Å². The molecule has 0 aromatic heterocycles. The van der Waals surface area contributed by atoms with Gasteiger partial charge in [0.25, 0.3) is 0 Å². The first kappa shape index (κ1) is 51.0. The zero-order valence-corrected chi connectivity index (χ0v) is 39.4. The Hall–Kier alpha value is -0.900. The quantitative estimate of drug-likeness (QED) is 0.112. The van der Waals surface area contributed by atoms with E-state index >= 15 is 0 Å². The Bertz CT molecular complexity index is 1600. The van der Waals surface area contributed by atoms with E-state index < -0.39 is 105 Å². The Labute approximate surface area is 379 Å². The fourth-order valence-electron chi connectivity index (χ4n) is 14.0. The smallest absolute Gasteiger partial charge is 0.187 e. The van der Waals surface area contributed by atoms with Gasteiger partial charge in [0.1, 0.15) is 48.8 Å². The van der Waals surface area contributed by atoms with Crippen LogP contribution in [0.2, 0.25) is 0 Å². The van der Waals surface area contributed by atoms with E-state index in [4.69, 9.17) is 28.4 Å². The van der Waals surface area contributed by atoms with Gasteiger partial charge in [-0.2, -0.15) is 0 Å². The Morgan fingerprint density at radius 3 is 2.08 bits per heavy atom. The van der Waals surface area contributed by atoms with Gasteiger partial charge in [-0.3, -0.25) is 0 Å². The molecule has 16 heteroatoms. The number of ether oxygens (including phenoxy) is 6. The highest BCUT2D eigenvalue weighted by molar-refractivity contribution is 5.30. The highest BCUT2D eigenvalue weighted by Gasteiger charge is 2.67. The molecule has 3 saturated carbocycles. The van der Waals surface area contributed by atoms with Gasteiger partial charge in [0.15, 0.2) is 18.9 Å². The second kappa shape index (κ2) is 19.1. The number of fused-ring (bicyclic) bond motifs is 5. The summed E-state index contributed by atoms with van der Waals surface area (Å²) in [5.41, 5.74) is 0.286. The van der Waals surface area contributed by atoms with Crippen LogP contribution in [-0.2, 0) is 28.4 Å². The largest absolute Gasteiger partial charge is 0.394 e. The van der Waals surface area contributed by atoms with Crippen LogP contribution in [0.5, 0.6) is 0 Å². The van der Waals surface area contributed by atoms with E-state index in [-0.39, 0.29) is 53.1 Å². The summed E-state index contributed by atoms with van der Waals surface area (Å²) in [6.45, 7) is 16.2. The molecule has 6 fully saturated rings. The normalized spacial score (nSPS) is 49.3. The van der Waals surface area contributed by atoms with Crippen molar-refractivity contribution in [2.75, 3.05) is 19.8 Å². The maximum Gasteiger partial charge on any atom is 0.187 e. The summed E-state index contributed by atoms with van der Waals surface area (Å²) in [6.07, 6.45) is -7.33. The second-order valence-corrected chi connectivity index (χ2v) is 22.8. The molecule has 22 atom stereocenters. The summed E-state index contributed by atoms with van der Waals surface area (Å²) in [6, 6.07) is 0. The van der Waals surface area contributed by atoms with Crippen LogP contribution in [0.3, 0.4) is 0 Å². The minimum absolute atomic E-state index is 0.0940. The van der Waals surface area contributed by atoms with Gasteiger partial charge < -0.3 is 79.5 Å². The number of hydrogen-bond donors (Lipinski definition) is 10. The summed E-state index contributed by atoms with van der Waals surface area (Å²) in [5, 5.41) is 106. The van der Waals surface area contributed by atoms with Gasteiger partial charge in [-0.15, -0.1) is 0 Å². The van der Waals surface area contributed by atoms with E-state index in [0.717, 1.165) is 51.4 Å². The molecule has 0 aromatic rings. The van der Waals surface area contributed by atoms with Crippen molar-refractivity contribution in [1.82, 2.24) is 0 Å². The SMILES string of the molecule is C[C@H](CC[C@@H](O[C@@H]1O[C@H](CO[C@@H]2C[C@@H](O)[C@H](O)[C@@H](CO)O2)[C@@H](O)C[C@H]1O[C@H]1O[C@@H](CO)[C@H](O)[C@@H](O)[C@@H]1O)C(C)(C)O)C1CC[C@@]2(C)C3CC=C4C(CC[C@H](O)C4(C)C)[C@]3(C)CC[C@]12C. The lowest BCUT2D eigenvalue weighted by molar-refractivity contribution is -0.362. The van der Waals surface area contributed by atoms with Gasteiger partial charge in [0.2, 0.25) is 0 Å². The van der Waals surface area contributed by atoms with Gasteiger partial charge in [-0.1, -0.05) is 53.2 Å². The van der Waals surface area contributed by atoms with Crippen molar-refractivity contribution in [2.45, 2.75) is 224 Å². The molecule has 0 spiro atoms. The highest BCUT2D eigenvalue weighted by atomic mass is 16.8. The van der Waals surface area contributed by atoms with E-state index in [0.29, 0.717) is 24.2 Å². The van der Waals surface area contributed by atoms with Crippen molar-refractivity contribution in [2.24, 2.45) is 45.3 Å². The van der Waals surface area contributed by atoms with Crippen LogP contribution in [-0.4, -0.2) is 169 Å². The van der Waals surface area contributed by atoms with E-state index in [2.05, 4.69) is 47.6 Å². The lowest BCUT2D eigenvalue weighted by Crippen LogP contribution is -2.61. The lowest BCUT2D eigenvalue weighted by Gasteiger charge is -2.66. The third-order valence-corrected chi connectivity index (χ3v) is 18.4. The maximum absolute atomic E-state index is 11.7. The van der Waals surface area contributed by atoms with Crippen molar-refractivity contribution in [3.8, 4) is 0 Å². The predicted octanol–water partition coefficient (Wildman–Crippen LogP) is 2.03. The molecule has 10 N–H and O–H groups in total. The summed E-state index contributed by atoms with van der Waals surface area (Å²) >= 11 is 0. The Morgan fingerprint density at radius 1 is 0.734 bits per heavy atom. The van der Waals surface area contributed by atoms with Crippen molar-refractivity contribution in [1.29, 1.82) is 0 Å². The molecule has 0 amide bonds. The third kappa shape index (κ3) is 9.17. The highest BCUT2D eigenvalue weighted by Crippen LogP contribution is 2.75. The molecule has 7 aliphatic rings. The van der Waals surface area contributed by atoms with Crippen molar-refractivity contribution in [3.05, 3.63) is 11.6 Å². The molecule has 0 radical (unpaired) electrons. The van der Waals surface area contributed by atoms with Gasteiger partial charge in [-0.05, 0) is 112 Å². The summed E-state index contributed by atoms with van der Waals surface area (Å²) in [7, 11) is 0. The summed E-state index contributed by atoms with van der Waals surface area (Å²) in [4.78, 5) is 0. The first-order valence-electron chi connectivity index (χ1n) is 24.2. The van der Waals surface area contributed by atoms with Crippen LogP contribution in [0.1, 0.15) is 126 Å². The van der Waals surface area contributed by atoms with Crippen molar-refractivity contribution in [3.63, 3.8) is 0 Å². The Morgan fingerprint density at radius 2 is 1.41 bits per heavy atom. The van der Waals surface area contributed by atoms with E-state index in [1.54, 1.807) is 13.8 Å². The molecule has 64 heavy (non-hydrogen) atoms. The minimum Gasteiger partial charge on any atom is -0.394 e. The third-order valence-electron chi connectivity index (χ3n) is 18.4. The van der Waals surface area contributed by atoms with Gasteiger partial charge >= 0.3 is 0 Å². The van der Waals surface area contributed by atoms with Crippen LogP contribution in [0.15, 0.2) is 11.6 Å². The first-order valence-corrected chi connectivity index (χ1v) is 24.2. The molecule has 4 aliphatic carbocycles. The molecule has 3 saturated heterocycles. The fourth-order valence-corrected chi connectivity index (χ4v) is 14.0. The molecule has 7 rings (SSSR count). The van der Waals surface area contributed by atoms with Crippen LogP contribution >= 0.6 is 0 Å². The van der Waals surface area contributed by atoms with Crippen LogP contribution in [0.25, 0.3) is 0 Å². The van der Waals surface area contributed by atoms with Crippen molar-refractivity contribution < 1.29 is 79.5 Å². The average molecular weight is 915 g/mol. The molecule has 0 aromatic carbocycles. The molecular weight excluding hydrogens is 833 g/mol. The zero-order valence-electron chi connectivity index (χ0n) is 39.4. The maximum atomic E-state index is 11.7. The number of hydrogen-bond acceptors (Lipinski definition) is 16. The summed E-state index contributed by atoms with van der Waals surface area (Å²) in [5.74, 6) is 1.75. The molecule has 370 valence electrons. The molecule has 3 unspecified atom stereocenters. The molecule has 16 nitrogen and oxygen atoms in total. The van der Waals surface area contributed by atoms with Gasteiger partial charge in [-0.25, -0.2) is 0 Å². The van der Waals surface area contributed by atoms with Gasteiger partial charge in [0, 0.05) is 18.3 Å². The average Bonchev–Trinajstić information content (AvgIpc) is 3.52. The Balaban J connectivity index is 1.06. The second-order valence-electron chi connectivity index (χ2n) is 22.8. The Kier molecular flexibility index (Phi) is 15.2. The zero-order chi connectivity index (χ0) is 46.9. The molecule has 3 heterocycles. The van der Waals surface area contributed by atoms with Crippen LogP contribution in [0.4, 0.5) is 0 Å². The number of rotatable bonds is 14. The predicted molar refractivity (Wildman–Crippen MR) is 231 cm³/mol.